The standard InChI is InChI=1S/C20H34O6S.Na/c1-3-5-6-7-8-9-10-19-11-13-20(14-12-19)24-17-15-23-16-18-25-26-27(21,22)4-2;/h11-14H,3-10,15-18H2,1-2H3;. The Morgan fingerprint density at radius 1 is 0.821 bits per heavy atom. The maximum Gasteiger partial charge on any atom is 0.293 e. The van der Waals surface area contributed by atoms with E-state index in [0.717, 1.165) is 12.2 Å². The predicted octanol–water partition coefficient (Wildman–Crippen LogP) is 3.90. The number of unbranched alkanes of at least 4 members (excludes halogenated alkanes) is 5. The molecule has 6 nitrogen and oxygen atoms in total. The van der Waals surface area contributed by atoms with Crippen LogP contribution in [-0.2, 0) is 30.5 Å². The number of hydrogen-bond acceptors (Lipinski definition) is 6. The minimum absolute atomic E-state index is 0. The average Bonchev–Trinajstić information content (AvgIpc) is 2.67. The molecule has 0 N–H and O–H groups in total. The first-order valence-electron chi connectivity index (χ1n) is 9.90. The molecule has 28 heavy (non-hydrogen) atoms. The zero-order valence-corrected chi connectivity index (χ0v) is 20.5. The Morgan fingerprint density at radius 2 is 1.46 bits per heavy atom. The largest absolute Gasteiger partial charge is 0.491 e. The fourth-order valence-corrected chi connectivity index (χ4v) is 2.74. The predicted molar refractivity (Wildman–Crippen MR) is 112 cm³/mol. The Kier molecular flexibility index (Phi) is 17.6. The number of aryl methyl sites for hydroxylation is 1. The van der Waals surface area contributed by atoms with Crippen LogP contribution in [0, 0.1) is 0 Å². The van der Waals surface area contributed by atoms with Gasteiger partial charge in [-0.3, -0.25) is 0 Å². The molecular weight excluding hydrogens is 391 g/mol. The van der Waals surface area contributed by atoms with Crippen LogP contribution in [0.2, 0.25) is 0 Å². The molecule has 0 amide bonds. The summed E-state index contributed by atoms with van der Waals surface area (Å²) < 4.78 is 37.2. The number of ether oxygens (including phenoxy) is 2. The van der Waals surface area contributed by atoms with E-state index in [1.54, 1.807) is 0 Å². The van der Waals surface area contributed by atoms with Crippen LogP contribution < -0.4 is 4.74 Å². The molecule has 1 radical (unpaired) electrons. The van der Waals surface area contributed by atoms with Gasteiger partial charge >= 0.3 is 0 Å². The van der Waals surface area contributed by atoms with Gasteiger partial charge in [-0.25, -0.2) is 4.89 Å². The molecular formula is C20H34NaO6S. The molecule has 1 aromatic carbocycles. The summed E-state index contributed by atoms with van der Waals surface area (Å²) in [6, 6.07) is 8.20. The number of hydrogen-bond donors (Lipinski definition) is 0. The smallest absolute Gasteiger partial charge is 0.293 e. The molecule has 0 aliphatic carbocycles. The van der Waals surface area contributed by atoms with Crippen molar-refractivity contribution in [1.29, 1.82) is 0 Å². The molecule has 0 saturated heterocycles. The Bertz CT molecular complexity index is 577. The summed E-state index contributed by atoms with van der Waals surface area (Å²) in [7, 11) is -3.57. The van der Waals surface area contributed by atoms with Crippen molar-refractivity contribution in [3.63, 3.8) is 0 Å². The second-order valence-corrected chi connectivity index (χ2v) is 8.19. The first-order chi connectivity index (χ1) is 13.1. The maximum atomic E-state index is 11.0. The summed E-state index contributed by atoms with van der Waals surface area (Å²) in [6.07, 6.45) is 8.97. The molecule has 0 spiro atoms. The van der Waals surface area contributed by atoms with Gasteiger partial charge in [0.2, 0.25) is 0 Å². The topological polar surface area (TPSA) is 71.1 Å². The van der Waals surface area contributed by atoms with Gasteiger partial charge in [0.25, 0.3) is 10.1 Å². The van der Waals surface area contributed by atoms with Gasteiger partial charge in [0, 0.05) is 29.6 Å². The minimum atomic E-state index is -3.57. The van der Waals surface area contributed by atoms with E-state index in [-0.39, 0.29) is 48.5 Å². The first-order valence-corrected chi connectivity index (χ1v) is 11.5. The molecule has 0 fully saturated rings. The number of benzene rings is 1. The van der Waals surface area contributed by atoms with Crippen molar-refractivity contribution in [3.05, 3.63) is 29.8 Å². The van der Waals surface area contributed by atoms with E-state index >= 15 is 0 Å². The molecule has 0 aliphatic heterocycles. The van der Waals surface area contributed by atoms with Crippen molar-refractivity contribution < 1.29 is 27.1 Å². The van der Waals surface area contributed by atoms with Gasteiger partial charge in [-0.05, 0) is 37.5 Å². The zero-order chi connectivity index (χ0) is 19.8. The second kappa shape index (κ2) is 17.7. The van der Waals surface area contributed by atoms with E-state index in [0.29, 0.717) is 13.2 Å². The van der Waals surface area contributed by atoms with E-state index in [4.69, 9.17) is 9.47 Å². The molecule has 0 heterocycles. The zero-order valence-electron chi connectivity index (χ0n) is 17.7. The van der Waals surface area contributed by atoms with Gasteiger partial charge in [0.1, 0.15) is 19.0 Å². The average molecular weight is 426 g/mol. The Hall–Kier alpha value is -0.150. The quantitative estimate of drug-likeness (QED) is 0.163. The van der Waals surface area contributed by atoms with Crippen LogP contribution in [0.1, 0.15) is 57.9 Å². The summed E-state index contributed by atoms with van der Waals surface area (Å²) in [5.41, 5.74) is 1.34. The van der Waals surface area contributed by atoms with Crippen LogP contribution in [0.3, 0.4) is 0 Å². The molecule has 8 heteroatoms. The van der Waals surface area contributed by atoms with Crippen LogP contribution in [0.5, 0.6) is 5.75 Å². The van der Waals surface area contributed by atoms with Crippen molar-refractivity contribution in [2.75, 3.05) is 32.2 Å². The Labute approximate surface area is 192 Å². The van der Waals surface area contributed by atoms with E-state index in [2.05, 4.69) is 28.3 Å². The van der Waals surface area contributed by atoms with Crippen LogP contribution >= 0.6 is 0 Å². The maximum absolute atomic E-state index is 11.0. The summed E-state index contributed by atoms with van der Waals surface area (Å²) in [5, 5.41) is 0. The third-order valence-electron chi connectivity index (χ3n) is 4.06. The van der Waals surface area contributed by atoms with Crippen molar-refractivity contribution >= 4 is 39.7 Å². The van der Waals surface area contributed by atoms with Gasteiger partial charge in [-0.2, -0.15) is 8.42 Å². The molecule has 0 atom stereocenters. The van der Waals surface area contributed by atoms with Crippen LogP contribution in [0.25, 0.3) is 0 Å². The summed E-state index contributed by atoms with van der Waals surface area (Å²) >= 11 is 0. The van der Waals surface area contributed by atoms with Crippen molar-refractivity contribution in [2.45, 2.75) is 58.8 Å². The summed E-state index contributed by atoms with van der Waals surface area (Å²) in [4.78, 5) is 4.57. The van der Waals surface area contributed by atoms with Gasteiger partial charge in [-0.1, -0.05) is 51.2 Å². The van der Waals surface area contributed by atoms with Gasteiger partial charge in [0.15, 0.2) is 0 Å². The van der Waals surface area contributed by atoms with Crippen LogP contribution in [-0.4, -0.2) is 70.2 Å². The Balaban J connectivity index is 0.00000729. The molecule has 0 unspecified atom stereocenters. The molecule has 1 aromatic rings. The minimum Gasteiger partial charge on any atom is -0.491 e. The number of rotatable bonds is 17. The normalized spacial score (nSPS) is 11.2. The van der Waals surface area contributed by atoms with E-state index in [1.165, 1.54) is 51.0 Å². The van der Waals surface area contributed by atoms with Crippen LogP contribution in [0.4, 0.5) is 0 Å². The second-order valence-electron chi connectivity index (χ2n) is 6.36. The first kappa shape index (κ1) is 27.8. The molecule has 157 valence electrons. The fraction of sp³-hybridized carbons (Fsp3) is 0.700. The molecule has 0 aliphatic rings. The molecule has 0 bridgehead atoms. The fourth-order valence-electron chi connectivity index (χ4n) is 2.43. The third-order valence-corrected chi connectivity index (χ3v) is 5.07. The van der Waals surface area contributed by atoms with Crippen LogP contribution in [0.15, 0.2) is 24.3 Å². The summed E-state index contributed by atoms with van der Waals surface area (Å²) in [6.45, 7) is 4.82. The van der Waals surface area contributed by atoms with Crippen molar-refractivity contribution in [3.8, 4) is 5.75 Å². The molecule has 0 saturated carbocycles. The van der Waals surface area contributed by atoms with E-state index < -0.39 is 10.1 Å². The van der Waals surface area contributed by atoms with Crippen molar-refractivity contribution in [2.24, 2.45) is 0 Å². The van der Waals surface area contributed by atoms with Crippen molar-refractivity contribution in [1.82, 2.24) is 0 Å². The summed E-state index contributed by atoms with van der Waals surface area (Å²) in [5.74, 6) is 0.693. The third kappa shape index (κ3) is 14.8. The van der Waals surface area contributed by atoms with Gasteiger partial charge < -0.3 is 9.47 Å². The SMILES string of the molecule is CCCCCCCCc1ccc(OCCOCCOOS(=O)(=O)CC)cc1.[Na]. The molecule has 0 aromatic heterocycles. The van der Waals surface area contributed by atoms with E-state index in [1.807, 2.05) is 12.1 Å². The monoisotopic (exact) mass is 425 g/mol. The van der Waals surface area contributed by atoms with E-state index in [9.17, 15) is 8.42 Å². The van der Waals surface area contributed by atoms with Gasteiger partial charge in [-0.15, -0.1) is 4.33 Å². The Morgan fingerprint density at radius 3 is 2.14 bits per heavy atom. The molecule has 1 rings (SSSR count). The van der Waals surface area contributed by atoms with Gasteiger partial charge in [0.05, 0.1) is 19.0 Å².